The van der Waals surface area contributed by atoms with E-state index in [1.165, 1.54) is 33.8 Å². The number of tetrazole rings is 1. The number of fused-ring (bicyclic) bond motifs is 1. The Bertz CT molecular complexity index is 1110. The number of anilines is 1. The minimum atomic E-state index is -1.19. The lowest BCUT2D eigenvalue weighted by Gasteiger charge is -2.49. The third-order valence-corrected chi connectivity index (χ3v) is 7.98. The second-order valence-electron chi connectivity index (χ2n) is 7.47. The van der Waals surface area contributed by atoms with Gasteiger partial charge in [-0.2, -0.15) is 0 Å². The number of β-lactam (4-membered cyclic amide) rings is 1. The van der Waals surface area contributed by atoms with Crippen molar-refractivity contribution in [1.82, 2.24) is 40.3 Å². The van der Waals surface area contributed by atoms with Crippen molar-refractivity contribution in [1.29, 1.82) is 0 Å². The van der Waals surface area contributed by atoms with E-state index in [1.807, 2.05) is 19.0 Å². The third kappa shape index (κ3) is 4.83. The van der Waals surface area contributed by atoms with E-state index in [9.17, 15) is 19.5 Å². The van der Waals surface area contributed by atoms with Gasteiger partial charge in [0, 0.05) is 23.4 Å². The molecular formula is C17H21N9O4S3. The standard InChI is InChI=1S/C17H21N9O4S3/c1-24(2)3-4-25-17(21-22-23-25)33-6-8-5-31-14-10(13(28)26(14)11(8)15(29)30)20-12(27)9-7-32-16(18)19-9/h7,10,14H,3-6H2,1-2H3,(H2,18,19)(H,20,27)(H,29,30)/t10-,14-/m1/s1. The summed E-state index contributed by atoms with van der Waals surface area (Å²) in [7, 11) is 3.89. The number of nitrogens with two attached hydrogens (primary N) is 1. The van der Waals surface area contributed by atoms with Crippen LogP contribution in [0.5, 0.6) is 0 Å². The van der Waals surface area contributed by atoms with Crippen LogP contribution < -0.4 is 11.1 Å². The van der Waals surface area contributed by atoms with Gasteiger partial charge in [0.05, 0.1) is 6.54 Å². The number of amides is 2. The monoisotopic (exact) mass is 511 g/mol. The number of carbonyl (C=O) groups excluding carboxylic acids is 2. The molecule has 0 spiro atoms. The first-order valence-electron chi connectivity index (χ1n) is 9.71. The SMILES string of the molecule is CN(C)CCn1nnnc1SCC1=C(C(=O)O)N2C(=O)[C@@H](NC(=O)c3csc(N)n3)[C@H]2SC1. The van der Waals surface area contributed by atoms with Crippen molar-refractivity contribution in [2.45, 2.75) is 23.1 Å². The van der Waals surface area contributed by atoms with Gasteiger partial charge in [-0.1, -0.05) is 11.8 Å². The van der Waals surface area contributed by atoms with Crippen LogP contribution in [0.4, 0.5) is 5.13 Å². The van der Waals surface area contributed by atoms with Gasteiger partial charge in [0.25, 0.3) is 11.8 Å². The Balaban J connectivity index is 1.44. The van der Waals surface area contributed by atoms with Gasteiger partial charge >= 0.3 is 5.97 Å². The van der Waals surface area contributed by atoms with Crippen LogP contribution in [0.2, 0.25) is 0 Å². The van der Waals surface area contributed by atoms with Gasteiger partial charge in [0.15, 0.2) is 5.13 Å². The molecule has 4 rings (SSSR count). The molecule has 2 aromatic heterocycles. The van der Waals surface area contributed by atoms with Crippen molar-refractivity contribution < 1.29 is 19.5 Å². The quantitative estimate of drug-likeness (QED) is 0.289. The predicted molar refractivity (Wildman–Crippen MR) is 123 cm³/mol. The molecule has 0 saturated carbocycles. The molecule has 1 saturated heterocycles. The lowest BCUT2D eigenvalue weighted by atomic mass is 10.0. The zero-order valence-electron chi connectivity index (χ0n) is 17.7. The average molecular weight is 512 g/mol. The van der Waals surface area contributed by atoms with E-state index in [2.05, 4.69) is 25.8 Å². The molecule has 0 unspecified atom stereocenters. The van der Waals surface area contributed by atoms with E-state index in [1.54, 1.807) is 4.68 Å². The number of aromatic nitrogens is 5. The molecule has 0 bridgehead atoms. The van der Waals surface area contributed by atoms with E-state index < -0.39 is 29.2 Å². The number of likely N-dealkylation sites (N-methyl/N-ethyl adjacent to an activating group) is 1. The Kier molecular flexibility index (Phi) is 6.87. The molecule has 0 aromatic carbocycles. The Hall–Kier alpha value is -2.69. The predicted octanol–water partition coefficient (Wildman–Crippen LogP) is -0.582. The van der Waals surface area contributed by atoms with Crippen molar-refractivity contribution in [3.05, 3.63) is 22.3 Å². The van der Waals surface area contributed by atoms with Crippen LogP contribution in [0.3, 0.4) is 0 Å². The molecule has 4 N–H and O–H groups in total. The molecule has 33 heavy (non-hydrogen) atoms. The summed E-state index contributed by atoms with van der Waals surface area (Å²) in [5.74, 6) is -1.46. The highest BCUT2D eigenvalue weighted by molar-refractivity contribution is 8.01. The van der Waals surface area contributed by atoms with E-state index in [4.69, 9.17) is 5.73 Å². The summed E-state index contributed by atoms with van der Waals surface area (Å²) < 4.78 is 1.66. The number of rotatable bonds is 9. The lowest BCUT2D eigenvalue weighted by molar-refractivity contribution is -0.148. The Morgan fingerprint density at radius 3 is 2.88 bits per heavy atom. The van der Waals surface area contributed by atoms with E-state index in [0.29, 0.717) is 28.8 Å². The Morgan fingerprint density at radius 1 is 1.42 bits per heavy atom. The van der Waals surface area contributed by atoms with Crippen LogP contribution in [0.25, 0.3) is 0 Å². The van der Waals surface area contributed by atoms with Crippen LogP contribution >= 0.6 is 34.9 Å². The molecule has 13 nitrogen and oxygen atoms in total. The first kappa shape index (κ1) is 23.5. The number of hydrogen-bond donors (Lipinski definition) is 3. The minimum Gasteiger partial charge on any atom is -0.477 e. The van der Waals surface area contributed by atoms with Crippen molar-refractivity contribution >= 4 is 57.8 Å². The average Bonchev–Trinajstić information content (AvgIpc) is 3.42. The minimum absolute atomic E-state index is 0.0491. The summed E-state index contributed by atoms with van der Waals surface area (Å²) in [6.45, 7) is 1.35. The number of carbonyl (C=O) groups is 3. The summed E-state index contributed by atoms with van der Waals surface area (Å²) in [6.07, 6.45) is 0. The largest absolute Gasteiger partial charge is 0.477 e. The normalized spacial score (nSPS) is 20.1. The maximum absolute atomic E-state index is 12.8. The molecule has 4 heterocycles. The van der Waals surface area contributed by atoms with Crippen molar-refractivity contribution in [2.24, 2.45) is 0 Å². The number of nitrogens with zero attached hydrogens (tertiary/aromatic N) is 7. The number of thioether (sulfide) groups is 2. The third-order valence-electron chi connectivity index (χ3n) is 4.92. The molecule has 176 valence electrons. The van der Waals surface area contributed by atoms with Gasteiger partial charge < -0.3 is 21.1 Å². The molecule has 2 aliphatic heterocycles. The molecule has 2 atom stereocenters. The van der Waals surface area contributed by atoms with Crippen LogP contribution in [-0.4, -0.2) is 101 Å². The molecule has 2 aliphatic rings. The lowest BCUT2D eigenvalue weighted by Crippen LogP contribution is -2.70. The topological polar surface area (TPSA) is 172 Å². The van der Waals surface area contributed by atoms with Crippen molar-refractivity contribution in [2.75, 3.05) is 37.9 Å². The number of nitrogen functional groups attached to an aromatic ring is 1. The van der Waals surface area contributed by atoms with Crippen molar-refractivity contribution in [3.63, 3.8) is 0 Å². The molecular weight excluding hydrogens is 490 g/mol. The van der Waals surface area contributed by atoms with E-state index >= 15 is 0 Å². The van der Waals surface area contributed by atoms with Gasteiger partial charge in [-0.25, -0.2) is 14.5 Å². The summed E-state index contributed by atoms with van der Waals surface area (Å²) in [6, 6.07) is -0.827. The molecule has 1 fully saturated rings. The summed E-state index contributed by atoms with van der Waals surface area (Å²) >= 11 is 3.84. The molecule has 16 heteroatoms. The van der Waals surface area contributed by atoms with E-state index in [-0.39, 0.29) is 16.5 Å². The molecule has 2 aromatic rings. The summed E-state index contributed by atoms with van der Waals surface area (Å²) in [5, 5.41) is 26.0. The number of nitrogens with one attached hydrogen (secondary N) is 1. The fraction of sp³-hybridized carbons (Fsp3) is 0.471. The van der Waals surface area contributed by atoms with Gasteiger partial charge in [-0.05, 0) is 30.1 Å². The maximum Gasteiger partial charge on any atom is 0.352 e. The zero-order valence-corrected chi connectivity index (χ0v) is 20.1. The van der Waals surface area contributed by atoms with Crippen molar-refractivity contribution in [3.8, 4) is 0 Å². The summed E-state index contributed by atoms with van der Waals surface area (Å²) in [5.41, 5.74) is 6.23. The highest BCUT2D eigenvalue weighted by Crippen LogP contribution is 2.41. The van der Waals surface area contributed by atoms with Gasteiger partial charge in [-0.15, -0.1) is 28.2 Å². The smallest absolute Gasteiger partial charge is 0.352 e. The van der Waals surface area contributed by atoms with Gasteiger partial charge in [0.2, 0.25) is 5.16 Å². The van der Waals surface area contributed by atoms with Gasteiger partial charge in [-0.3, -0.25) is 14.5 Å². The van der Waals surface area contributed by atoms with Crippen LogP contribution in [0.15, 0.2) is 21.8 Å². The fourth-order valence-corrected chi connectivity index (χ4v) is 6.22. The number of carboxylic acids is 1. The summed E-state index contributed by atoms with van der Waals surface area (Å²) in [4.78, 5) is 44.3. The zero-order chi connectivity index (χ0) is 23.7. The molecule has 0 aliphatic carbocycles. The number of thiazole rings is 1. The molecule has 2 amide bonds. The highest BCUT2D eigenvalue weighted by Gasteiger charge is 2.54. The van der Waals surface area contributed by atoms with Gasteiger partial charge in [0.1, 0.15) is 22.8 Å². The first-order valence-corrected chi connectivity index (χ1v) is 12.6. The number of aliphatic carboxylic acids is 1. The number of hydrogen-bond acceptors (Lipinski definition) is 12. The fourth-order valence-electron chi connectivity index (χ4n) is 3.29. The van der Waals surface area contributed by atoms with E-state index in [0.717, 1.165) is 17.9 Å². The highest BCUT2D eigenvalue weighted by atomic mass is 32.2. The maximum atomic E-state index is 12.8. The number of carboxylic acid groups (broad SMARTS) is 1. The second kappa shape index (κ2) is 9.66. The van der Waals surface area contributed by atoms with Crippen LogP contribution in [0, 0.1) is 0 Å². The Labute approximate surface area is 200 Å². The second-order valence-corrected chi connectivity index (χ2v) is 10.4. The molecule has 0 radical (unpaired) electrons. The van der Waals surface area contributed by atoms with Crippen LogP contribution in [-0.2, 0) is 16.1 Å². The first-order chi connectivity index (χ1) is 15.8. The van der Waals surface area contributed by atoms with Crippen LogP contribution in [0.1, 0.15) is 10.5 Å². The Morgan fingerprint density at radius 2 is 2.21 bits per heavy atom.